The fourth-order valence-electron chi connectivity index (χ4n) is 2.16. The van der Waals surface area contributed by atoms with E-state index in [1.54, 1.807) is 6.07 Å². The van der Waals surface area contributed by atoms with Crippen LogP contribution in [0.25, 0.3) is 0 Å². The first-order valence-corrected chi connectivity index (χ1v) is 9.97. The van der Waals surface area contributed by atoms with E-state index in [0.29, 0.717) is 19.0 Å². The SMILES string of the molecule is CCNC(=NCc1ccc(C)cc1)NCCNS(=O)(=O)c1cccnc1. The molecule has 0 fully saturated rings. The van der Waals surface area contributed by atoms with Crippen LogP contribution in [0.15, 0.2) is 58.7 Å². The van der Waals surface area contributed by atoms with Crippen LogP contribution in [0.3, 0.4) is 0 Å². The number of aliphatic imine (C=N–C) groups is 1. The molecule has 2 rings (SSSR count). The zero-order chi connectivity index (χ0) is 18.8. The van der Waals surface area contributed by atoms with Gasteiger partial charge >= 0.3 is 0 Å². The Morgan fingerprint density at radius 2 is 1.88 bits per heavy atom. The molecule has 0 aliphatic carbocycles. The molecule has 0 atom stereocenters. The highest BCUT2D eigenvalue weighted by molar-refractivity contribution is 7.89. The van der Waals surface area contributed by atoms with Crippen LogP contribution in [0.5, 0.6) is 0 Å². The summed E-state index contributed by atoms with van der Waals surface area (Å²) in [7, 11) is -3.54. The smallest absolute Gasteiger partial charge is 0.242 e. The van der Waals surface area contributed by atoms with Gasteiger partial charge in [0.25, 0.3) is 0 Å². The molecular formula is C18H25N5O2S. The van der Waals surface area contributed by atoms with E-state index in [0.717, 1.165) is 12.1 Å². The Morgan fingerprint density at radius 1 is 1.12 bits per heavy atom. The first-order valence-electron chi connectivity index (χ1n) is 8.48. The summed E-state index contributed by atoms with van der Waals surface area (Å²) < 4.78 is 26.8. The van der Waals surface area contributed by atoms with Gasteiger partial charge in [-0.3, -0.25) is 4.98 Å². The third kappa shape index (κ3) is 6.45. The molecule has 1 aromatic carbocycles. The average molecular weight is 375 g/mol. The molecule has 0 unspecified atom stereocenters. The minimum atomic E-state index is -3.54. The van der Waals surface area contributed by atoms with E-state index in [9.17, 15) is 8.42 Å². The van der Waals surface area contributed by atoms with Gasteiger partial charge < -0.3 is 10.6 Å². The maximum Gasteiger partial charge on any atom is 0.242 e. The van der Waals surface area contributed by atoms with Crippen molar-refractivity contribution in [2.75, 3.05) is 19.6 Å². The molecule has 0 bridgehead atoms. The van der Waals surface area contributed by atoms with Crippen LogP contribution in [0.2, 0.25) is 0 Å². The van der Waals surface area contributed by atoms with E-state index < -0.39 is 10.0 Å². The molecule has 140 valence electrons. The standard InChI is InChI=1S/C18H25N5O2S/c1-3-20-18(22-13-16-8-6-15(2)7-9-16)21-11-12-23-26(24,25)17-5-4-10-19-14-17/h4-10,14,23H,3,11-13H2,1-2H3,(H2,20,21,22). The second kappa shape index (κ2) is 9.88. The van der Waals surface area contributed by atoms with Crippen LogP contribution in [-0.2, 0) is 16.6 Å². The van der Waals surface area contributed by atoms with Gasteiger partial charge in [-0.2, -0.15) is 0 Å². The molecular weight excluding hydrogens is 350 g/mol. The number of guanidine groups is 1. The molecule has 0 aliphatic heterocycles. The molecule has 8 heteroatoms. The second-order valence-electron chi connectivity index (χ2n) is 5.69. The van der Waals surface area contributed by atoms with Gasteiger partial charge in [0.05, 0.1) is 6.54 Å². The van der Waals surface area contributed by atoms with Gasteiger partial charge in [0, 0.05) is 32.0 Å². The van der Waals surface area contributed by atoms with Crippen LogP contribution in [0, 0.1) is 6.92 Å². The number of aryl methyl sites for hydroxylation is 1. The van der Waals surface area contributed by atoms with Crippen LogP contribution >= 0.6 is 0 Å². The number of pyridine rings is 1. The van der Waals surface area contributed by atoms with Crippen molar-refractivity contribution in [2.45, 2.75) is 25.3 Å². The van der Waals surface area contributed by atoms with Gasteiger partial charge in [-0.25, -0.2) is 18.1 Å². The predicted octanol–water partition coefficient (Wildman–Crippen LogP) is 1.42. The van der Waals surface area contributed by atoms with E-state index in [1.807, 2.05) is 26.0 Å². The Morgan fingerprint density at radius 3 is 2.54 bits per heavy atom. The Labute approximate surface area is 155 Å². The topological polar surface area (TPSA) is 95.5 Å². The Bertz CT molecular complexity index is 805. The third-order valence-corrected chi connectivity index (χ3v) is 4.99. The van der Waals surface area contributed by atoms with Gasteiger partial charge in [0.2, 0.25) is 10.0 Å². The second-order valence-corrected chi connectivity index (χ2v) is 7.46. The van der Waals surface area contributed by atoms with E-state index in [2.05, 4.69) is 37.5 Å². The lowest BCUT2D eigenvalue weighted by atomic mass is 10.1. The number of aromatic nitrogens is 1. The summed E-state index contributed by atoms with van der Waals surface area (Å²) in [6.07, 6.45) is 2.86. The summed E-state index contributed by atoms with van der Waals surface area (Å²) in [6.45, 7) is 5.96. The highest BCUT2D eigenvalue weighted by atomic mass is 32.2. The van der Waals surface area contributed by atoms with E-state index in [1.165, 1.54) is 24.0 Å². The molecule has 0 saturated heterocycles. The van der Waals surface area contributed by atoms with Crippen molar-refractivity contribution in [1.82, 2.24) is 20.3 Å². The predicted molar refractivity (Wildman–Crippen MR) is 103 cm³/mol. The normalized spacial score (nSPS) is 12.0. The lowest BCUT2D eigenvalue weighted by Gasteiger charge is -2.12. The summed E-state index contributed by atoms with van der Waals surface area (Å²) in [6, 6.07) is 11.3. The lowest BCUT2D eigenvalue weighted by Crippen LogP contribution is -2.41. The zero-order valence-corrected chi connectivity index (χ0v) is 15.9. The number of hydrogen-bond acceptors (Lipinski definition) is 4. The van der Waals surface area contributed by atoms with E-state index >= 15 is 0 Å². The van der Waals surface area contributed by atoms with Crippen molar-refractivity contribution in [3.63, 3.8) is 0 Å². The number of nitrogens with zero attached hydrogens (tertiary/aromatic N) is 2. The molecule has 0 aliphatic rings. The van der Waals surface area contributed by atoms with Crippen molar-refractivity contribution in [2.24, 2.45) is 4.99 Å². The van der Waals surface area contributed by atoms with Gasteiger partial charge in [-0.1, -0.05) is 29.8 Å². The Hall–Kier alpha value is -2.45. The lowest BCUT2D eigenvalue weighted by molar-refractivity contribution is 0.580. The molecule has 0 spiro atoms. The molecule has 2 aromatic rings. The first kappa shape index (κ1) is 19.9. The highest BCUT2D eigenvalue weighted by Crippen LogP contribution is 2.05. The van der Waals surface area contributed by atoms with Crippen molar-refractivity contribution >= 4 is 16.0 Å². The summed E-state index contributed by atoms with van der Waals surface area (Å²) in [5.41, 5.74) is 2.33. The number of sulfonamides is 1. The van der Waals surface area contributed by atoms with Gasteiger partial charge in [0.15, 0.2) is 5.96 Å². The number of benzene rings is 1. The van der Waals surface area contributed by atoms with Crippen molar-refractivity contribution < 1.29 is 8.42 Å². The fraction of sp³-hybridized carbons (Fsp3) is 0.333. The molecule has 1 aromatic heterocycles. The minimum Gasteiger partial charge on any atom is -0.357 e. The molecule has 7 nitrogen and oxygen atoms in total. The van der Waals surface area contributed by atoms with Crippen molar-refractivity contribution in [3.8, 4) is 0 Å². The maximum atomic E-state index is 12.1. The van der Waals surface area contributed by atoms with Gasteiger partial charge in [0.1, 0.15) is 4.90 Å². The Kier molecular flexibility index (Phi) is 7.55. The van der Waals surface area contributed by atoms with Crippen LogP contribution in [-0.4, -0.2) is 39.0 Å². The van der Waals surface area contributed by atoms with E-state index in [4.69, 9.17) is 0 Å². The van der Waals surface area contributed by atoms with Crippen LogP contribution in [0.1, 0.15) is 18.1 Å². The molecule has 0 saturated carbocycles. The zero-order valence-electron chi connectivity index (χ0n) is 15.1. The Balaban J connectivity index is 1.84. The summed E-state index contributed by atoms with van der Waals surface area (Å²) >= 11 is 0. The molecule has 1 heterocycles. The molecule has 3 N–H and O–H groups in total. The highest BCUT2D eigenvalue weighted by Gasteiger charge is 2.12. The summed E-state index contributed by atoms with van der Waals surface area (Å²) in [5.74, 6) is 0.647. The minimum absolute atomic E-state index is 0.153. The molecule has 26 heavy (non-hydrogen) atoms. The number of nitrogens with one attached hydrogen (secondary N) is 3. The fourth-order valence-corrected chi connectivity index (χ4v) is 3.16. The summed E-state index contributed by atoms with van der Waals surface area (Å²) in [5, 5.41) is 6.27. The van der Waals surface area contributed by atoms with Crippen LogP contribution < -0.4 is 15.4 Å². The summed E-state index contributed by atoms with van der Waals surface area (Å²) in [4.78, 5) is 8.49. The van der Waals surface area contributed by atoms with Gasteiger partial charge in [-0.05, 0) is 31.5 Å². The van der Waals surface area contributed by atoms with Gasteiger partial charge in [-0.15, -0.1) is 0 Å². The third-order valence-electron chi connectivity index (χ3n) is 3.54. The van der Waals surface area contributed by atoms with Crippen molar-refractivity contribution in [3.05, 3.63) is 59.9 Å². The van der Waals surface area contributed by atoms with Crippen LogP contribution in [0.4, 0.5) is 0 Å². The van der Waals surface area contributed by atoms with E-state index in [-0.39, 0.29) is 11.4 Å². The molecule has 0 amide bonds. The molecule has 0 radical (unpaired) electrons. The quantitative estimate of drug-likeness (QED) is 0.368. The first-order chi connectivity index (χ1) is 12.5. The maximum absolute atomic E-state index is 12.1. The number of rotatable bonds is 8. The van der Waals surface area contributed by atoms with Crippen molar-refractivity contribution in [1.29, 1.82) is 0 Å². The average Bonchev–Trinajstić information content (AvgIpc) is 2.65. The largest absolute Gasteiger partial charge is 0.357 e. The monoisotopic (exact) mass is 375 g/mol. The number of hydrogen-bond donors (Lipinski definition) is 3.